The summed E-state index contributed by atoms with van der Waals surface area (Å²) in [5.74, 6) is -0.477. The molecule has 1 heterocycles. The molecule has 0 aromatic heterocycles. The predicted octanol–water partition coefficient (Wildman–Crippen LogP) is 0.215. The molecule has 1 fully saturated rings. The molecule has 0 spiro atoms. The molecule has 7 heteroatoms. The summed E-state index contributed by atoms with van der Waals surface area (Å²) in [6, 6.07) is 6.40. The van der Waals surface area contributed by atoms with Crippen molar-refractivity contribution >= 4 is 27.1 Å². The number of aliphatic hydroxyl groups is 1. The third-order valence-corrected chi connectivity index (χ3v) is 4.57. The molecule has 1 amide bonds. The van der Waals surface area contributed by atoms with Gasteiger partial charge in [-0.15, -0.1) is 0 Å². The quantitative estimate of drug-likeness (QED) is 0.737. The van der Waals surface area contributed by atoms with Crippen molar-refractivity contribution in [2.45, 2.75) is 19.1 Å². The maximum Gasteiger partial charge on any atom is 0.221 e. The number of hydrogen-bond donors (Lipinski definition) is 3. The summed E-state index contributed by atoms with van der Waals surface area (Å²) in [7, 11) is -3.18. The van der Waals surface area contributed by atoms with E-state index in [-0.39, 0.29) is 17.4 Å². The second-order valence-corrected chi connectivity index (χ2v) is 6.81. The summed E-state index contributed by atoms with van der Waals surface area (Å²) in [6.45, 7) is 1.41. The van der Waals surface area contributed by atoms with Crippen molar-refractivity contribution in [2.24, 2.45) is 0 Å². The molecule has 2 atom stereocenters. The molecule has 104 valence electrons. The summed E-state index contributed by atoms with van der Waals surface area (Å²) < 4.78 is 22.8. The van der Waals surface area contributed by atoms with E-state index in [4.69, 9.17) is 0 Å². The fraction of sp³-hybridized carbons (Fsp3) is 0.417. The Morgan fingerprint density at radius 2 is 2.00 bits per heavy atom. The van der Waals surface area contributed by atoms with Crippen molar-refractivity contribution in [1.82, 2.24) is 0 Å². The van der Waals surface area contributed by atoms with Gasteiger partial charge in [0.05, 0.1) is 23.7 Å². The van der Waals surface area contributed by atoms with Crippen LogP contribution in [-0.4, -0.2) is 43.1 Å². The molecule has 0 radical (unpaired) electrons. The predicted molar refractivity (Wildman–Crippen MR) is 72.8 cm³/mol. The molecule has 6 nitrogen and oxygen atoms in total. The molecule has 0 saturated carbocycles. The summed E-state index contributed by atoms with van der Waals surface area (Å²) in [6.07, 6.45) is -0.908. The van der Waals surface area contributed by atoms with Gasteiger partial charge < -0.3 is 15.7 Å². The number of carbonyl (C=O) groups is 1. The fourth-order valence-corrected chi connectivity index (χ4v) is 3.81. The number of aliphatic hydroxyl groups excluding tert-OH is 1. The minimum absolute atomic E-state index is 0.0848. The van der Waals surface area contributed by atoms with Crippen LogP contribution < -0.4 is 10.6 Å². The third-order valence-electron chi connectivity index (χ3n) is 2.86. The van der Waals surface area contributed by atoms with Crippen molar-refractivity contribution in [3.63, 3.8) is 0 Å². The van der Waals surface area contributed by atoms with Crippen molar-refractivity contribution < 1.29 is 18.3 Å². The van der Waals surface area contributed by atoms with Gasteiger partial charge in [-0.1, -0.05) is 6.07 Å². The van der Waals surface area contributed by atoms with Crippen molar-refractivity contribution in [3.05, 3.63) is 24.3 Å². The van der Waals surface area contributed by atoms with Crippen LogP contribution in [0.4, 0.5) is 11.4 Å². The van der Waals surface area contributed by atoms with Crippen molar-refractivity contribution in [1.29, 1.82) is 0 Å². The number of benzene rings is 1. The highest BCUT2D eigenvalue weighted by atomic mass is 32.2. The van der Waals surface area contributed by atoms with Gasteiger partial charge in [-0.25, -0.2) is 8.42 Å². The Kier molecular flexibility index (Phi) is 3.77. The molecule has 1 aliphatic heterocycles. The maximum atomic E-state index is 11.4. The van der Waals surface area contributed by atoms with Gasteiger partial charge in [0.15, 0.2) is 9.84 Å². The highest BCUT2D eigenvalue weighted by molar-refractivity contribution is 7.91. The monoisotopic (exact) mass is 284 g/mol. The van der Waals surface area contributed by atoms with Gasteiger partial charge in [0.1, 0.15) is 0 Å². The maximum absolute atomic E-state index is 11.4. The normalized spacial score (nSPS) is 24.9. The van der Waals surface area contributed by atoms with Crippen LogP contribution in [0.3, 0.4) is 0 Å². The van der Waals surface area contributed by atoms with Gasteiger partial charge in [0.25, 0.3) is 0 Å². The number of rotatable bonds is 3. The number of hydrogen-bond acceptors (Lipinski definition) is 5. The van der Waals surface area contributed by atoms with E-state index in [0.717, 1.165) is 0 Å². The zero-order valence-electron chi connectivity index (χ0n) is 10.5. The smallest absolute Gasteiger partial charge is 0.221 e. The number of sulfone groups is 1. The lowest BCUT2D eigenvalue weighted by atomic mass is 10.2. The average molecular weight is 284 g/mol. The standard InChI is InChI=1S/C12H16N2O4S/c1-8(15)13-9-3-2-4-10(5-9)14-11-6-19(17,18)7-12(11)16/h2-5,11-12,14,16H,6-7H2,1H3,(H,13,15)/t11-,12-/m0/s1. The average Bonchev–Trinajstić information content (AvgIpc) is 2.51. The van der Waals surface area contributed by atoms with E-state index in [1.54, 1.807) is 24.3 Å². The van der Waals surface area contributed by atoms with Crippen LogP contribution in [0.25, 0.3) is 0 Å². The van der Waals surface area contributed by atoms with Crippen LogP contribution in [0.15, 0.2) is 24.3 Å². The highest BCUT2D eigenvalue weighted by Crippen LogP contribution is 2.20. The number of anilines is 2. The van der Waals surface area contributed by atoms with E-state index in [0.29, 0.717) is 11.4 Å². The molecule has 1 aliphatic rings. The van der Waals surface area contributed by atoms with Crippen LogP contribution in [0.2, 0.25) is 0 Å². The minimum Gasteiger partial charge on any atom is -0.390 e. The van der Waals surface area contributed by atoms with Gasteiger partial charge in [-0.2, -0.15) is 0 Å². The van der Waals surface area contributed by atoms with E-state index in [1.165, 1.54) is 6.92 Å². The summed E-state index contributed by atoms with van der Waals surface area (Å²) in [5, 5.41) is 15.3. The first-order valence-corrected chi connectivity index (χ1v) is 7.70. The lowest BCUT2D eigenvalue weighted by Crippen LogP contribution is -2.31. The minimum atomic E-state index is -3.18. The molecule has 19 heavy (non-hydrogen) atoms. The SMILES string of the molecule is CC(=O)Nc1cccc(N[C@H]2CS(=O)(=O)C[C@@H]2O)c1. The Balaban J connectivity index is 2.09. The summed E-state index contributed by atoms with van der Waals surface area (Å²) in [5.41, 5.74) is 1.28. The van der Waals surface area contributed by atoms with Gasteiger partial charge >= 0.3 is 0 Å². The molecular weight excluding hydrogens is 268 g/mol. The largest absolute Gasteiger partial charge is 0.390 e. The fourth-order valence-electron chi connectivity index (χ4n) is 2.07. The zero-order chi connectivity index (χ0) is 14.0. The van der Waals surface area contributed by atoms with E-state index >= 15 is 0 Å². The molecule has 0 unspecified atom stereocenters. The van der Waals surface area contributed by atoms with Crippen LogP contribution >= 0.6 is 0 Å². The molecule has 1 aromatic rings. The molecule has 0 aliphatic carbocycles. The van der Waals surface area contributed by atoms with E-state index < -0.39 is 22.0 Å². The molecule has 3 N–H and O–H groups in total. The van der Waals surface area contributed by atoms with Crippen molar-refractivity contribution in [2.75, 3.05) is 22.1 Å². The van der Waals surface area contributed by atoms with Crippen molar-refractivity contribution in [3.8, 4) is 0 Å². The third kappa shape index (κ3) is 3.68. The first-order valence-electron chi connectivity index (χ1n) is 5.88. The van der Waals surface area contributed by atoms with Crippen LogP contribution in [0.5, 0.6) is 0 Å². The van der Waals surface area contributed by atoms with Crippen LogP contribution in [0.1, 0.15) is 6.92 Å². The second-order valence-electron chi connectivity index (χ2n) is 4.66. The number of nitrogens with one attached hydrogen (secondary N) is 2. The topological polar surface area (TPSA) is 95.5 Å². The molecular formula is C12H16N2O4S. The Morgan fingerprint density at radius 3 is 2.58 bits per heavy atom. The lowest BCUT2D eigenvalue weighted by molar-refractivity contribution is -0.114. The van der Waals surface area contributed by atoms with E-state index in [9.17, 15) is 18.3 Å². The summed E-state index contributed by atoms with van der Waals surface area (Å²) >= 11 is 0. The summed E-state index contributed by atoms with van der Waals surface area (Å²) in [4.78, 5) is 11.0. The highest BCUT2D eigenvalue weighted by Gasteiger charge is 2.36. The lowest BCUT2D eigenvalue weighted by Gasteiger charge is -2.16. The number of amides is 1. The molecule has 1 aromatic carbocycles. The molecule has 2 rings (SSSR count). The second kappa shape index (κ2) is 5.18. The van der Waals surface area contributed by atoms with Gasteiger partial charge in [-0.3, -0.25) is 4.79 Å². The Morgan fingerprint density at radius 1 is 1.32 bits per heavy atom. The molecule has 0 bridgehead atoms. The van der Waals surface area contributed by atoms with Crippen LogP contribution in [-0.2, 0) is 14.6 Å². The van der Waals surface area contributed by atoms with Gasteiger partial charge in [0, 0.05) is 18.3 Å². The first-order chi connectivity index (χ1) is 8.85. The zero-order valence-corrected chi connectivity index (χ0v) is 11.3. The first kappa shape index (κ1) is 13.8. The Hall–Kier alpha value is -1.60. The Bertz CT molecular complexity index is 585. The van der Waals surface area contributed by atoms with Crippen LogP contribution in [0, 0.1) is 0 Å². The van der Waals surface area contributed by atoms with E-state index in [2.05, 4.69) is 10.6 Å². The number of carbonyl (C=O) groups excluding carboxylic acids is 1. The Labute approximate surface area is 111 Å². The van der Waals surface area contributed by atoms with Gasteiger partial charge in [-0.05, 0) is 18.2 Å². The van der Waals surface area contributed by atoms with Gasteiger partial charge in [0.2, 0.25) is 5.91 Å². The van der Waals surface area contributed by atoms with E-state index in [1.807, 2.05) is 0 Å². The molecule has 1 saturated heterocycles.